The van der Waals surface area contributed by atoms with Crippen molar-refractivity contribution in [3.05, 3.63) is 0 Å². The Hall–Kier alpha value is 1.39. The molecule has 2 N–H and O–H groups in total. The van der Waals surface area contributed by atoms with Crippen LogP contribution < -0.4 is 0 Å². The molecule has 2 radical (unpaired) electrons. The average molecular weight is 342 g/mol. The Balaban J connectivity index is 0. The van der Waals surface area contributed by atoms with E-state index in [-0.39, 0.29) is 55.3 Å². The summed E-state index contributed by atoms with van der Waals surface area (Å²) in [5, 5.41) is 0. The maximum atomic E-state index is 10.00. The second-order valence-electron chi connectivity index (χ2n) is 1.93. The van der Waals surface area contributed by atoms with E-state index in [0.717, 1.165) is 0 Å². The Kier molecular flexibility index (Phi) is 7.90. The van der Waals surface area contributed by atoms with E-state index in [4.69, 9.17) is 9.11 Å². The number of hydrogen-bond acceptors (Lipinski definition) is 4. The third-order valence-corrected chi connectivity index (χ3v) is 2.41. The van der Waals surface area contributed by atoms with Crippen LogP contribution in [0.25, 0.3) is 0 Å². The molecular formula is C3H8BaO6S2. The van der Waals surface area contributed by atoms with Gasteiger partial charge in [-0.2, -0.15) is 16.8 Å². The summed E-state index contributed by atoms with van der Waals surface area (Å²) >= 11 is 0. The van der Waals surface area contributed by atoms with Gasteiger partial charge in [-0.05, 0) is 6.42 Å². The number of rotatable bonds is 4. The van der Waals surface area contributed by atoms with E-state index in [0.29, 0.717) is 0 Å². The summed E-state index contributed by atoms with van der Waals surface area (Å²) in [7, 11) is -8.24. The van der Waals surface area contributed by atoms with Gasteiger partial charge < -0.3 is 0 Å². The molecule has 0 aromatic carbocycles. The second-order valence-corrected chi connectivity index (χ2v) is 5.07. The molecule has 0 heterocycles. The van der Waals surface area contributed by atoms with Crippen LogP contribution >= 0.6 is 0 Å². The molecule has 0 aromatic rings. The first-order chi connectivity index (χ1) is 4.71. The van der Waals surface area contributed by atoms with Crippen LogP contribution in [0, 0.1) is 0 Å². The molecule has 0 fully saturated rings. The van der Waals surface area contributed by atoms with E-state index in [1.54, 1.807) is 0 Å². The maximum absolute atomic E-state index is 10.00. The van der Waals surface area contributed by atoms with Crippen molar-refractivity contribution in [2.24, 2.45) is 0 Å². The first kappa shape index (κ1) is 15.8. The summed E-state index contributed by atoms with van der Waals surface area (Å²) in [6.45, 7) is 0. The van der Waals surface area contributed by atoms with E-state index < -0.39 is 31.7 Å². The first-order valence-electron chi connectivity index (χ1n) is 2.61. The van der Waals surface area contributed by atoms with Gasteiger partial charge in [0.1, 0.15) is 0 Å². The molecule has 0 aliphatic rings. The normalized spacial score (nSPS) is 12.2. The Morgan fingerprint density at radius 3 is 1.25 bits per heavy atom. The molecule has 0 saturated carbocycles. The molecule has 12 heavy (non-hydrogen) atoms. The molecule has 0 spiro atoms. The third kappa shape index (κ3) is 13.9. The van der Waals surface area contributed by atoms with Gasteiger partial charge in [0.15, 0.2) is 0 Å². The van der Waals surface area contributed by atoms with Crippen LogP contribution in [0.4, 0.5) is 0 Å². The monoisotopic (exact) mass is 342 g/mol. The minimum absolute atomic E-state index is 0. The van der Waals surface area contributed by atoms with E-state index >= 15 is 0 Å². The Morgan fingerprint density at radius 1 is 0.833 bits per heavy atom. The Morgan fingerprint density at radius 2 is 1.08 bits per heavy atom. The fourth-order valence-electron chi connectivity index (χ4n) is 0.424. The summed E-state index contributed by atoms with van der Waals surface area (Å²) in [6, 6.07) is 0. The van der Waals surface area contributed by atoms with Gasteiger partial charge in [-0.3, -0.25) is 9.11 Å². The molecule has 0 aliphatic heterocycles. The minimum atomic E-state index is -4.12. The van der Waals surface area contributed by atoms with Gasteiger partial charge >= 0.3 is 0 Å². The van der Waals surface area contributed by atoms with Gasteiger partial charge in [0, 0.05) is 48.9 Å². The summed E-state index contributed by atoms with van der Waals surface area (Å²) in [5.74, 6) is -1.32. The summed E-state index contributed by atoms with van der Waals surface area (Å²) < 4.78 is 56.2. The summed E-state index contributed by atoms with van der Waals surface area (Å²) in [5.41, 5.74) is 0. The zero-order valence-electron chi connectivity index (χ0n) is 6.17. The van der Waals surface area contributed by atoms with Crippen LogP contribution in [0.3, 0.4) is 0 Å². The van der Waals surface area contributed by atoms with Crippen molar-refractivity contribution >= 4 is 69.1 Å². The fraction of sp³-hybridized carbons (Fsp3) is 1.00. The van der Waals surface area contributed by atoms with Crippen molar-refractivity contribution in [1.29, 1.82) is 0 Å². The molecule has 9 heteroatoms. The molecular weight excluding hydrogens is 333 g/mol. The quantitative estimate of drug-likeness (QED) is 0.490. The van der Waals surface area contributed by atoms with Crippen LogP contribution in [-0.2, 0) is 20.2 Å². The molecule has 0 amide bonds. The zero-order valence-corrected chi connectivity index (χ0v) is 12.2. The van der Waals surface area contributed by atoms with Gasteiger partial charge in [-0.25, -0.2) is 0 Å². The van der Waals surface area contributed by atoms with E-state index in [1.807, 2.05) is 0 Å². The molecule has 0 atom stereocenters. The maximum Gasteiger partial charge on any atom is 0.264 e. The van der Waals surface area contributed by atoms with E-state index in [2.05, 4.69) is 0 Å². The predicted molar refractivity (Wildman–Crippen MR) is 43.2 cm³/mol. The minimum Gasteiger partial charge on any atom is -0.286 e. The van der Waals surface area contributed by atoms with Crippen LogP contribution in [0.2, 0.25) is 0 Å². The van der Waals surface area contributed by atoms with Crippen molar-refractivity contribution in [3.63, 3.8) is 0 Å². The van der Waals surface area contributed by atoms with Gasteiger partial charge in [0.05, 0.1) is 11.5 Å². The number of hydrogen-bond donors (Lipinski definition) is 2. The van der Waals surface area contributed by atoms with Crippen LogP contribution in [0.1, 0.15) is 6.42 Å². The molecule has 70 valence electrons. The molecule has 0 rings (SSSR count). The van der Waals surface area contributed by atoms with Crippen molar-refractivity contribution < 1.29 is 25.9 Å². The van der Waals surface area contributed by atoms with E-state index in [1.165, 1.54) is 0 Å². The average Bonchev–Trinajstić information content (AvgIpc) is 1.55. The molecule has 0 aliphatic carbocycles. The predicted octanol–water partition coefficient (Wildman–Crippen LogP) is -1.23. The summed E-state index contributed by atoms with van der Waals surface area (Å²) in [6.07, 6.45) is -0.308. The molecule has 0 unspecified atom stereocenters. The molecule has 0 aromatic heterocycles. The van der Waals surface area contributed by atoms with E-state index in [9.17, 15) is 16.8 Å². The van der Waals surface area contributed by atoms with Crippen molar-refractivity contribution in [3.8, 4) is 0 Å². The van der Waals surface area contributed by atoms with Gasteiger partial charge in [0.2, 0.25) is 0 Å². The molecule has 0 saturated heterocycles. The third-order valence-electron chi connectivity index (χ3n) is 0.805. The SMILES string of the molecule is O=S(=O)(O)CCCS(=O)(=O)O.[Ba]. The first-order valence-corrected chi connectivity index (χ1v) is 5.83. The fourth-order valence-corrected chi connectivity index (χ4v) is 1.62. The van der Waals surface area contributed by atoms with Gasteiger partial charge in [-0.15, -0.1) is 0 Å². The van der Waals surface area contributed by atoms with Gasteiger partial charge in [0.25, 0.3) is 20.2 Å². The van der Waals surface area contributed by atoms with Crippen molar-refractivity contribution in [1.82, 2.24) is 0 Å². The molecule has 6 nitrogen and oxygen atoms in total. The van der Waals surface area contributed by atoms with Crippen LogP contribution in [0.5, 0.6) is 0 Å². The summed E-state index contributed by atoms with van der Waals surface area (Å²) in [4.78, 5) is 0. The smallest absolute Gasteiger partial charge is 0.264 e. The second kappa shape index (κ2) is 5.98. The molecule has 0 bridgehead atoms. The largest absolute Gasteiger partial charge is 0.286 e. The zero-order chi connectivity index (χ0) is 9.12. The standard InChI is InChI=1S/C3H8O6S2.Ba/c4-10(5,6)2-1-3-11(7,8)9;/h1-3H2,(H,4,5,6)(H,7,8,9);. The van der Waals surface area contributed by atoms with Gasteiger partial charge in [-0.1, -0.05) is 0 Å². The topological polar surface area (TPSA) is 109 Å². The van der Waals surface area contributed by atoms with Crippen molar-refractivity contribution in [2.45, 2.75) is 6.42 Å². The van der Waals surface area contributed by atoms with Crippen LogP contribution in [-0.4, -0.2) is 86.3 Å². The Bertz CT molecular complexity index is 270. The Labute approximate surface area is 111 Å². The van der Waals surface area contributed by atoms with Crippen molar-refractivity contribution in [2.75, 3.05) is 11.5 Å². The van der Waals surface area contributed by atoms with Crippen LogP contribution in [0.15, 0.2) is 0 Å².